The van der Waals surface area contributed by atoms with Crippen LogP contribution in [0, 0.1) is 0 Å². The Morgan fingerprint density at radius 1 is 1.21 bits per heavy atom. The topological polar surface area (TPSA) is 56.5 Å². The summed E-state index contributed by atoms with van der Waals surface area (Å²) in [6, 6.07) is 8.40. The third kappa shape index (κ3) is 1.40. The number of hydrogen-bond acceptors (Lipinski definition) is 2. The van der Waals surface area contributed by atoms with E-state index >= 15 is 0 Å². The standard InChI is InChI=1S/C15H16N4/c1-15(14-13(6-7-19-15)17-9-18-14)11-8-16-12-5-3-2-4-10(11)12/h2-5,8-9,16,19H,6-7H2,1H3,(H,17,18). The lowest BCUT2D eigenvalue weighted by atomic mass is 9.84. The van der Waals surface area contributed by atoms with Crippen LogP contribution in [0.15, 0.2) is 36.8 Å². The summed E-state index contributed by atoms with van der Waals surface area (Å²) in [6.07, 6.45) is 4.90. The third-order valence-electron chi connectivity index (χ3n) is 4.17. The predicted octanol–water partition coefficient (Wildman–Crippen LogP) is 2.30. The number of H-pyrrole nitrogens is 2. The van der Waals surface area contributed by atoms with Crippen molar-refractivity contribution < 1.29 is 0 Å². The number of para-hydroxylation sites is 1. The molecule has 0 radical (unpaired) electrons. The van der Waals surface area contributed by atoms with Crippen molar-refractivity contribution in [2.45, 2.75) is 18.9 Å². The van der Waals surface area contributed by atoms with Crippen LogP contribution in [-0.4, -0.2) is 21.5 Å². The van der Waals surface area contributed by atoms with Crippen molar-refractivity contribution >= 4 is 10.9 Å². The number of fused-ring (bicyclic) bond motifs is 2. The van der Waals surface area contributed by atoms with Crippen molar-refractivity contribution in [1.82, 2.24) is 20.3 Å². The van der Waals surface area contributed by atoms with E-state index in [0.717, 1.165) is 18.7 Å². The maximum Gasteiger partial charge on any atom is 0.0926 e. The molecule has 2 aromatic heterocycles. The molecule has 0 amide bonds. The van der Waals surface area contributed by atoms with Crippen LogP contribution >= 0.6 is 0 Å². The lowest BCUT2D eigenvalue weighted by molar-refractivity contribution is 0.406. The predicted molar refractivity (Wildman–Crippen MR) is 75.0 cm³/mol. The molecular weight excluding hydrogens is 236 g/mol. The van der Waals surface area contributed by atoms with Crippen molar-refractivity contribution in [2.24, 2.45) is 0 Å². The third-order valence-corrected chi connectivity index (χ3v) is 4.17. The van der Waals surface area contributed by atoms with Crippen LogP contribution in [-0.2, 0) is 12.0 Å². The molecule has 96 valence electrons. The molecule has 1 aliphatic rings. The number of rotatable bonds is 1. The van der Waals surface area contributed by atoms with Gasteiger partial charge in [0, 0.05) is 41.3 Å². The first-order valence-corrected chi connectivity index (χ1v) is 6.63. The van der Waals surface area contributed by atoms with E-state index in [1.165, 1.54) is 22.2 Å². The summed E-state index contributed by atoms with van der Waals surface area (Å²) in [5.74, 6) is 0. The number of aromatic nitrogens is 3. The Bertz CT molecular complexity index is 739. The lowest BCUT2D eigenvalue weighted by Crippen LogP contribution is -2.46. The molecule has 3 aromatic rings. The zero-order chi connectivity index (χ0) is 12.9. The Hall–Kier alpha value is -2.07. The smallest absolute Gasteiger partial charge is 0.0926 e. The molecule has 1 atom stereocenters. The van der Waals surface area contributed by atoms with Gasteiger partial charge >= 0.3 is 0 Å². The molecule has 4 rings (SSSR count). The number of benzene rings is 1. The van der Waals surface area contributed by atoms with Gasteiger partial charge in [-0.25, -0.2) is 4.98 Å². The fourth-order valence-electron chi connectivity index (χ4n) is 3.17. The summed E-state index contributed by atoms with van der Waals surface area (Å²) in [6.45, 7) is 3.17. The minimum absolute atomic E-state index is 0.229. The van der Waals surface area contributed by atoms with Gasteiger partial charge in [0.25, 0.3) is 0 Å². The zero-order valence-electron chi connectivity index (χ0n) is 10.8. The van der Waals surface area contributed by atoms with Crippen LogP contribution in [0.25, 0.3) is 10.9 Å². The summed E-state index contributed by atoms with van der Waals surface area (Å²) in [7, 11) is 0. The Labute approximate surface area is 111 Å². The van der Waals surface area contributed by atoms with Crippen LogP contribution in [0.3, 0.4) is 0 Å². The van der Waals surface area contributed by atoms with Crippen molar-refractivity contribution in [2.75, 3.05) is 6.54 Å². The van der Waals surface area contributed by atoms with Crippen LogP contribution < -0.4 is 5.32 Å². The van der Waals surface area contributed by atoms with Gasteiger partial charge in [0.1, 0.15) is 0 Å². The first kappa shape index (κ1) is 10.8. The maximum absolute atomic E-state index is 4.54. The molecule has 1 aliphatic heterocycles. The summed E-state index contributed by atoms with van der Waals surface area (Å²) in [5, 5.41) is 4.89. The van der Waals surface area contributed by atoms with Gasteiger partial charge in [-0.15, -0.1) is 0 Å². The number of imidazole rings is 1. The number of nitrogens with zero attached hydrogens (tertiary/aromatic N) is 1. The van der Waals surface area contributed by atoms with E-state index in [1.54, 1.807) is 6.33 Å². The zero-order valence-corrected chi connectivity index (χ0v) is 10.8. The second-order valence-electron chi connectivity index (χ2n) is 5.28. The van der Waals surface area contributed by atoms with Crippen LogP contribution in [0.1, 0.15) is 23.9 Å². The summed E-state index contributed by atoms with van der Waals surface area (Å²) in [4.78, 5) is 11.2. The first-order valence-electron chi connectivity index (χ1n) is 6.63. The Balaban J connectivity index is 1.98. The molecule has 1 unspecified atom stereocenters. The van der Waals surface area contributed by atoms with E-state index in [-0.39, 0.29) is 5.54 Å². The monoisotopic (exact) mass is 252 g/mol. The van der Waals surface area contributed by atoms with Gasteiger partial charge in [0.05, 0.1) is 17.6 Å². The highest BCUT2D eigenvalue weighted by atomic mass is 15.1. The molecule has 0 saturated heterocycles. The molecular formula is C15H16N4. The normalized spacial score (nSPS) is 22.6. The van der Waals surface area contributed by atoms with Crippen molar-refractivity contribution in [3.8, 4) is 0 Å². The summed E-state index contributed by atoms with van der Waals surface area (Å²) in [5.41, 5.74) is 4.56. The molecule has 0 aliphatic carbocycles. The molecule has 0 saturated carbocycles. The van der Waals surface area contributed by atoms with Crippen LogP contribution in [0.5, 0.6) is 0 Å². The molecule has 1 aromatic carbocycles. The van der Waals surface area contributed by atoms with Gasteiger partial charge in [-0.2, -0.15) is 0 Å². The average molecular weight is 252 g/mol. The average Bonchev–Trinajstić information content (AvgIpc) is 3.06. The van der Waals surface area contributed by atoms with Gasteiger partial charge < -0.3 is 15.3 Å². The molecule has 0 bridgehead atoms. The summed E-state index contributed by atoms with van der Waals surface area (Å²) < 4.78 is 0. The second-order valence-corrected chi connectivity index (χ2v) is 5.28. The van der Waals surface area contributed by atoms with E-state index in [9.17, 15) is 0 Å². The van der Waals surface area contributed by atoms with Gasteiger partial charge in [-0.3, -0.25) is 0 Å². The number of aromatic amines is 2. The van der Waals surface area contributed by atoms with Crippen LogP contribution in [0.2, 0.25) is 0 Å². The molecule has 3 N–H and O–H groups in total. The number of hydrogen-bond donors (Lipinski definition) is 3. The second kappa shape index (κ2) is 3.71. The van der Waals surface area contributed by atoms with Crippen LogP contribution in [0.4, 0.5) is 0 Å². The fraction of sp³-hybridized carbons (Fsp3) is 0.267. The van der Waals surface area contributed by atoms with E-state index in [1.807, 2.05) is 0 Å². The van der Waals surface area contributed by atoms with Crippen molar-refractivity contribution in [1.29, 1.82) is 0 Å². The Morgan fingerprint density at radius 3 is 3.05 bits per heavy atom. The van der Waals surface area contributed by atoms with E-state index in [0.29, 0.717) is 0 Å². The lowest BCUT2D eigenvalue weighted by Gasteiger charge is -2.34. The highest BCUT2D eigenvalue weighted by Gasteiger charge is 2.37. The molecule has 3 heterocycles. The first-order chi connectivity index (χ1) is 9.29. The van der Waals surface area contributed by atoms with Gasteiger partial charge in [0.2, 0.25) is 0 Å². The molecule has 4 nitrogen and oxygen atoms in total. The maximum atomic E-state index is 4.54. The minimum atomic E-state index is -0.229. The Morgan fingerprint density at radius 2 is 2.11 bits per heavy atom. The largest absolute Gasteiger partial charge is 0.361 e. The molecule has 19 heavy (non-hydrogen) atoms. The SMILES string of the molecule is CC1(c2c[nH]c3ccccc23)NCCc2[nH]cnc21. The van der Waals surface area contributed by atoms with E-state index < -0.39 is 0 Å². The number of nitrogens with one attached hydrogen (secondary N) is 3. The molecule has 4 heteroatoms. The van der Waals surface area contributed by atoms with Crippen molar-refractivity contribution in [3.05, 3.63) is 53.7 Å². The van der Waals surface area contributed by atoms with Gasteiger partial charge in [-0.05, 0) is 13.0 Å². The van der Waals surface area contributed by atoms with Gasteiger partial charge in [-0.1, -0.05) is 18.2 Å². The molecule has 0 fully saturated rings. The van der Waals surface area contributed by atoms with Crippen molar-refractivity contribution in [3.63, 3.8) is 0 Å². The summed E-state index contributed by atoms with van der Waals surface area (Å²) >= 11 is 0. The highest BCUT2D eigenvalue weighted by Crippen LogP contribution is 2.36. The fourth-order valence-corrected chi connectivity index (χ4v) is 3.17. The Kier molecular flexibility index (Phi) is 2.11. The van der Waals surface area contributed by atoms with E-state index in [2.05, 4.69) is 57.7 Å². The van der Waals surface area contributed by atoms with E-state index in [4.69, 9.17) is 0 Å². The molecule has 0 spiro atoms. The quantitative estimate of drug-likeness (QED) is 0.622. The minimum Gasteiger partial charge on any atom is -0.361 e. The van der Waals surface area contributed by atoms with Gasteiger partial charge in [0.15, 0.2) is 0 Å². The highest BCUT2D eigenvalue weighted by molar-refractivity contribution is 5.84.